The van der Waals surface area contributed by atoms with E-state index in [1.54, 1.807) is 24.3 Å². The predicted molar refractivity (Wildman–Crippen MR) is 81.8 cm³/mol. The zero-order chi connectivity index (χ0) is 17.7. The number of ether oxygens (including phenoxy) is 1. The Balaban J connectivity index is 2.37. The summed E-state index contributed by atoms with van der Waals surface area (Å²) in [6, 6.07) is 11.7. The molecule has 0 bridgehead atoms. The van der Waals surface area contributed by atoms with Crippen LogP contribution >= 0.6 is 0 Å². The standard InChI is InChI=1S/C17H13F3N2O2/c1-11-13(17(18,19)20)6-4-8-14(11)22-15-7-3-2-5-12(15)16(23)24-10-9-21/h2-8,22H,10H2,1H3. The Morgan fingerprint density at radius 2 is 1.83 bits per heavy atom. The van der Waals surface area contributed by atoms with Crippen LogP contribution in [0.1, 0.15) is 21.5 Å². The molecule has 1 N–H and O–H groups in total. The van der Waals surface area contributed by atoms with Gasteiger partial charge in [-0.15, -0.1) is 0 Å². The van der Waals surface area contributed by atoms with Crippen LogP contribution in [0.2, 0.25) is 0 Å². The smallest absolute Gasteiger partial charge is 0.416 e. The Kier molecular flexibility index (Phi) is 5.09. The van der Waals surface area contributed by atoms with Crippen LogP contribution in [-0.2, 0) is 10.9 Å². The summed E-state index contributed by atoms with van der Waals surface area (Å²) in [5.41, 5.74) is -0.0833. The van der Waals surface area contributed by atoms with Crippen LogP contribution < -0.4 is 5.32 Å². The molecule has 7 heteroatoms. The van der Waals surface area contributed by atoms with Gasteiger partial charge in [-0.25, -0.2) is 4.79 Å². The monoisotopic (exact) mass is 334 g/mol. The molecular formula is C17H13F3N2O2. The van der Waals surface area contributed by atoms with Gasteiger partial charge >= 0.3 is 12.1 Å². The highest BCUT2D eigenvalue weighted by atomic mass is 19.4. The number of esters is 1. The number of benzene rings is 2. The fraction of sp³-hybridized carbons (Fsp3) is 0.176. The lowest BCUT2D eigenvalue weighted by atomic mass is 10.1. The van der Waals surface area contributed by atoms with Gasteiger partial charge in [0.25, 0.3) is 0 Å². The van der Waals surface area contributed by atoms with Gasteiger partial charge in [-0.1, -0.05) is 18.2 Å². The number of nitriles is 1. The predicted octanol–water partition coefficient (Wildman–Crippen LogP) is 4.44. The summed E-state index contributed by atoms with van der Waals surface area (Å²) in [5, 5.41) is 11.3. The zero-order valence-corrected chi connectivity index (χ0v) is 12.6. The third-order valence-corrected chi connectivity index (χ3v) is 3.32. The number of rotatable bonds is 4. The summed E-state index contributed by atoms with van der Waals surface area (Å²) in [4.78, 5) is 11.9. The van der Waals surface area contributed by atoms with Crippen LogP contribution in [-0.4, -0.2) is 12.6 Å². The number of para-hydroxylation sites is 1. The Bertz CT molecular complexity index is 795. The molecular weight excluding hydrogens is 321 g/mol. The highest BCUT2D eigenvalue weighted by Gasteiger charge is 2.33. The van der Waals surface area contributed by atoms with E-state index in [0.717, 1.165) is 6.07 Å². The summed E-state index contributed by atoms with van der Waals surface area (Å²) in [6.07, 6.45) is -4.47. The minimum atomic E-state index is -4.47. The largest absolute Gasteiger partial charge is 0.447 e. The average Bonchev–Trinajstić information content (AvgIpc) is 2.54. The van der Waals surface area contributed by atoms with Crippen molar-refractivity contribution in [3.05, 3.63) is 59.2 Å². The van der Waals surface area contributed by atoms with Gasteiger partial charge in [-0.05, 0) is 36.8 Å². The Hall–Kier alpha value is -3.01. The van der Waals surface area contributed by atoms with E-state index in [9.17, 15) is 18.0 Å². The number of carbonyl (C=O) groups excluding carboxylic acids is 1. The number of alkyl halides is 3. The van der Waals surface area contributed by atoms with E-state index >= 15 is 0 Å². The summed E-state index contributed by atoms with van der Waals surface area (Å²) in [7, 11) is 0. The number of nitrogens with one attached hydrogen (secondary N) is 1. The molecule has 0 radical (unpaired) electrons. The maximum absolute atomic E-state index is 13.0. The number of hydrogen-bond donors (Lipinski definition) is 1. The van der Waals surface area contributed by atoms with E-state index < -0.39 is 24.3 Å². The van der Waals surface area contributed by atoms with Gasteiger partial charge in [-0.2, -0.15) is 18.4 Å². The van der Waals surface area contributed by atoms with Gasteiger partial charge in [-0.3, -0.25) is 0 Å². The summed E-state index contributed by atoms with van der Waals surface area (Å²) < 4.78 is 43.7. The normalized spacial score (nSPS) is 10.8. The molecule has 0 spiro atoms. The molecule has 0 saturated carbocycles. The van der Waals surface area contributed by atoms with E-state index in [0.29, 0.717) is 5.69 Å². The molecule has 0 aliphatic rings. The van der Waals surface area contributed by atoms with Crippen molar-refractivity contribution in [1.29, 1.82) is 5.26 Å². The van der Waals surface area contributed by atoms with Crippen molar-refractivity contribution in [1.82, 2.24) is 0 Å². The number of halogens is 3. The Labute approximate surface area is 136 Å². The second-order valence-electron chi connectivity index (χ2n) is 4.88. The van der Waals surface area contributed by atoms with Crippen LogP contribution in [0.15, 0.2) is 42.5 Å². The van der Waals surface area contributed by atoms with Gasteiger partial charge in [0.15, 0.2) is 6.61 Å². The Morgan fingerprint density at radius 3 is 2.50 bits per heavy atom. The SMILES string of the molecule is Cc1c(Nc2ccccc2C(=O)OCC#N)cccc1C(F)(F)F. The van der Waals surface area contributed by atoms with Crippen molar-refractivity contribution < 1.29 is 22.7 Å². The first kappa shape index (κ1) is 17.3. The number of nitrogens with zero attached hydrogens (tertiary/aromatic N) is 1. The van der Waals surface area contributed by atoms with E-state index in [1.165, 1.54) is 25.1 Å². The van der Waals surface area contributed by atoms with E-state index in [2.05, 4.69) is 5.32 Å². The molecule has 2 aromatic carbocycles. The lowest BCUT2D eigenvalue weighted by Gasteiger charge is -2.16. The number of anilines is 2. The van der Waals surface area contributed by atoms with Crippen molar-refractivity contribution in [3.8, 4) is 6.07 Å². The van der Waals surface area contributed by atoms with E-state index in [4.69, 9.17) is 10.00 Å². The first-order valence-electron chi connectivity index (χ1n) is 6.91. The van der Waals surface area contributed by atoms with Crippen molar-refractivity contribution >= 4 is 17.3 Å². The average molecular weight is 334 g/mol. The van der Waals surface area contributed by atoms with Gasteiger partial charge in [0.2, 0.25) is 0 Å². The van der Waals surface area contributed by atoms with Crippen molar-refractivity contribution in [3.63, 3.8) is 0 Å². The molecule has 0 unspecified atom stereocenters. The zero-order valence-electron chi connectivity index (χ0n) is 12.6. The summed E-state index contributed by atoms with van der Waals surface area (Å²) in [5.74, 6) is -0.732. The molecule has 2 rings (SSSR count). The Morgan fingerprint density at radius 1 is 1.17 bits per heavy atom. The first-order chi connectivity index (χ1) is 11.3. The summed E-state index contributed by atoms with van der Waals surface area (Å²) >= 11 is 0. The fourth-order valence-corrected chi connectivity index (χ4v) is 2.17. The number of carbonyl (C=O) groups is 1. The van der Waals surface area contributed by atoms with Crippen LogP contribution in [0.4, 0.5) is 24.5 Å². The molecule has 0 fully saturated rings. The molecule has 0 atom stereocenters. The molecule has 0 aliphatic carbocycles. The van der Waals surface area contributed by atoms with Crippen LogP contribution in [0.5, 0.6) is 0 Å². The highest BCUT2D eigenvalue weighted by molar-refractivity contribution is 5.96. The van der Waals surface area contributed by atoms with E-state index in [1.807, 2.05) is 0 Å². The molecule has 2 aromatic rings. The molecule has 0 aliphatic heterocycles. The molecule has 0 saturated heterocycles. The molecule has 0 amide bonds. The minimum Gasteiger partial charge on any atom is -0.447 e. The highest BCUT2D eigenvalue weighted by Crippen LogP contribution is 2.35. The third-order valence-electron chi connectivity index (χ3n) is 3.32. The molecule has 124 valence electrons. The van der Waals surface area contributed by atoms with Gasteiger partial charge in [0.05, 0.1) is 16.8 Å². The quantitative estimate of drug-likeness (QED) is 0.840. The second kappa shape index (κ2) is 7.04. The van der Waals surface area contributed by atoms with E-state index in [-0.39, 0.29) is 16.8 Å². The number of hydrogen-bond acceptors (Lipinski definition) is 4. The topological polar surface area (TPSA) is 62.1 Å². The summed E-state index contributed by atoms with van der Waals surface area (Å²) in [6.45, 7) is 0.942. The van der Waals surface area contributed by atoms with Crippen molar-refractivity contribution in [2.24, 2.45) is 0 Å². The second-order valence-corrected chi connectivity index (χ2v) is 4.88. The maximum Gasteiger partial charge on any atom is 0.416 e. The van der Waals surface area contributed by atoms with Crippen molar-refractivity contribution in [2.75, 3.05) is 11.9 Å². The molecule has 4 nitrogen and oxygen atoms in total. The first-order valence-corrected chi connectivity index (χ1v) is 6.91. The lowest BCUT2D eigenvalue weighted by Crippen LogP contribution is -2.11. The fourth-order valence-electron chi connectivity index (χ4n) is 2.17. The van der Waals surface area contributed by atoms with Gasteiger partial charge < -0.3 is 10.1 Å². The van der Waals surface area contributed by atoms with Crippen LogP contribution in [0, 0.1) is 18.3 Å². The maximum atomic E-state index is 13.0. The van der Waals surface area contributed by atoms with Gasteiger partial charge in [0, 0.05) is 5.69 Å². The molecule has 24 heavy (non-hydrogen) atoms. The molecule has 0 heterocycles. The van der Waals surface area contributed by atoms with Crippen LogP contribution in [0.3, 0.4) is 0 Å². The van der Waals surface area contributed by atoms with Gasteiger partial charge in [0.1, 0.15) is 6.07 Å². The third kappa shape index (κ3) is 3.84. The van der Waals surface area contributed by atoms with Crippen molar-refractivity contribution in [2.45, 2.75) is 13.1 Å². The molecule has 0 aromatic heterocycles. The lowest BCUT2D eigenvalue weighted by molar-refractivity contribution is -0.138. The minimum absolute atomic E-state index is 0.0187. The van der Waals surface area contributed by atoms with Crippen LogP contribution in [0.25, 0.3) is 0 Å².